The van der Waals surface area contributed by atoms with Gasteiger partial charge in [-0.2, -0.15) is 0 Å². The summed E-state index contributed by atoms with van der Waals surface area (Å²) >= 11 is 0. The van der Waals surface area contributed by atoms with Crippen LogP contribution in [0.2, 0.25) is 0 Å². The third kappa shape index (κ3) is 1.08. The first-order valence-corrected chi connectivity index (χ1v) is 4.22. The Kier molecular flexibility index (Phi) is 1.67. The Labute approximate surface area is 65.7 Å². The molecule has 0 saturated heterocycles. The zero-order valence-corrected chi connectivity index (χ0v) is 6.35. The second-order valence-electron chi connectivity index (χ2n) is 3.84. The van der Waals surface area contributed by atoms with Gasteiger partial charge >= 0.3 is 0 Å². The van der Waals surface area contributed by atoms with E-state index in [4.69, 9.17) is 0 Å². The van der Waals surface area contributed by atoms with Crippen LogP contribution in [-0.2, 0) is 0 Å². The topological polar surface area (TPSA) is 60.7 Å². The average Bonchev–Trinajstić information content (AvgIpc) is 2.17. The minimum atomic E-state index is -0.382. The van der Waals surface area contributed by atoms with Crippen LogP contribution in [0.1, 0.15) is 19.3 Å². The summed E-state index contributed by atoms with van der Waals surface area (Å²) in [6.07, 6.45) is 0.849. The highest BCUT2D eigenvalue weighted by atomic mass is 16.3. The second kappa shape index (κ2) is 2.44. The molecule has 2 aliphatic carbocycles. The highest BCUT2D eigenvalue weighted by molar-refractivity contribution is 4.97. The highest BCUT2D eigenvalue weighted by Crippen LogP contribution is 2.42. The van der Waals surface area contributed by atoms with Crippen molar-refractivity contribution in [1.29, 1.82) is 0 Å². The summed E-state index contributed by atoms with van der Waals surface area (Å²) in [6, 6.07) is 0. The Morgan fingerprint density at radius 2 is 1.64 bits per heavy atom. The van der Waals surface area contributed by atoms with E-state index in [2.05, 4.69) is 0 Å². The van der Waals surface area contributed by atoms with Gasteiger partial charge in [-0.15, -0.1) is 0 Å². The predicted octanol–water partition coefficient (Wildman–Crippen LogP) is -0.501. The van der Waals surface area contributed by atoms with Crippen LogP contribution in [0.15, 0.2) is 0 Å². The number of hydrogen-bond acceptors (Lipinski definition) is 3. The summed E-state index contributed by atoms with van der Waals surface area (Å²) in [5.41, 5.74) is 0. The van der Waals surface area contributed by atoms with Crippen LogP contribution in [0.3, 0.4) is 0 Å². The smallest absolute Gasteiger partial charge is 0.0624 e. The maximum atomic E-state index is 9.53. The molecule has 2 bridgehead atoms. The Hall–Kier alpha value is -0.120. The quantitative estimate of drug-likeness (QED) is 0.445. The number of aliphatic hydroxyl groups is 3. The maximum Gasteiger partial charge on any atom is 0.0624 e. The van der Waals surface area contributed by atoms with Gasteiger partial charge in [-0.05, 0) is 25.2 Å². The second-order valence-corrected chi connectivity index (χ2v) is 3.84. The largest absolute Gasteiger partial charge is 0.393 e. The SMILES string of the molecule is O[C@@H]1C[C@@H]2C[C@@H](O)[C@@H](C1)[C@@H]2O. The fourth-order valence-corrected chi connectivity index (χ4v) is 2.49. The van der Waals surface area contributed by atoms with Crippen molar-refractivity contribution in [2.24, 2.45) is 11.8 Å². The van der Waals surface area contributed by atoms with Crippen molar-refractivity contribution in [3.05, 3.63) is 0 Å². The lowest BCUT2D eigenvalue weighted by atomic mass is 9.84. The average molecular weight is 158 g/mol. The molecule has 5 atom stereocenters. The van der Waals surface area contributed by atoms with E-state index in [0.29, 0.717) is 19.3 Å². The van der Waals surface area contributed by atoms with Crippen molar-refractivity contribution < 1.29 is 15.3 Å². The van der Waals surface area contributed by atoms with Crippen molar-refractivity contribution in [2.75, 3.05) is 0 Å². The summed E-state index contributed by atoms with van der Waals surface area (Å²) in [7, 11) is 0. The highest BCUT2D eigenvalue weighted by Gasteiger charge is 2.46. The van der Waals surface area contributed by atoms with Gasteiger partial charge in [0, 0.05) is 5.92 Å². The van der Waals surface area contributed by atoms with E-state index >= 15 is 0 Å². The summed E-state index contributed by atoms with van der Waals surface area (Å²) in [5.74, 6) is 0.0718. The molecule has 0 aromatic heterocycles. The van der Waals surface area contributed by atoms with E-state index in [-0.39, 0.29) is 30.1 Å². The molecule has 64 valence electrons. The third-order valence-corrected chi connectivity index (χ3v) is 3.08. The molecule has 3 heteroatoms. The van der Waals surface area contributed by atoms with Crippen molar-refractivity contribution in [3.63, 3.8) is 0 Å². The van der Waals surface area contributed by atoms with E-state index in [1.54, 1.807) is 0 Å². The molecule has 3 N–H and O–H groups in total. The Balaban J connectivity index is 2.14. The monoisotopic (exact) mass is 158 g/mol. The van der Waals surface area contributed by atoms with Crippen molar-refractivity contribution in [1.82, 2.24) is 0 Å². The van der Waals surface area contributed by atoms with Crippen LogP contribution >= 0.6 is 0 Å². The summed E-state index contributed by atoms with van der Waals surface area (Å²) in [4.78, 5) is 0. The molecule has 0 heterocycles. The minimum absolute atomic E-state index is 0.0660. The molecule has 0 amide bonds. The zero-order chi connectivity index (χ0) is 8.01. The molecular weight excluding hydrogens is 144 g/mol. The van der Waals surface area contributed by atoms with Gasteiger partial charge in [0.15, 0.2) is 0 Å². The van der Waals surface area contributed by atoms with Gasteiger partial charge in [-0.1, -0.05) is 0 Å². The first-order valence-electron chi connectivity index (χ1n) is 4.22. The lowest BCUT2D eigenvalue weighted by Gasteiger charge is -2.29. The van der Waals surface area contributed by atoms with Crippen LogP contribution < -0.4 is 0 Å². The van der Waals surface area contributed by atoms with Gasteiger partial charge in [0.1, 0.15) is 0 Å². The fourth-order valence-electron chi connectivity index (χ4n) is 2.49. The molecule has 2 saturated carbocycles. The molecule has 11 heavy (non-hydrogen) atoms. The maximum absolute atomic E-state index is 9.53. The van der Waals surface area contributed by atoms with Gasteiger partial charge in [0.05, 0.1) is 18.3 Å². The molecule has 0 spiro atoms. The first kappa shape index (κ1) is 7.53. The molecule has 2 rings (SSSR count). The molecule has 2 fully saturated rings. The Bertz CT molecular complexity index is 157. The van der Waals surface area contributed by atoms with E-state index in [0.717, 1.165) is 0 Å². The minimum Gasteiger partial charge on any atom is -0.393 e. The lowest BCUT2D eigenvalue weighted by Crippen LogP contribution is -2.35. The first-order chi connectivity index (χ1) is 5.18. The molecular formula is C8H14O3. The summed E-state index contributed by atoms with van der Waals surface area (Å²) < 4.78 is 0. The number of rotatable bonds is 0. The molecule has 0 aromatic rings. The van der Waals surface area contributed by atoms with Crippen molar-refractivity contribution in [2.45, 2.75) is 37.6 Å². The molecule has 0 aromatic carbocycles. The Morgan fingerprint density at radius 3 is 2.27 bits per heavy atom. The summed E-state index contributed by atoms with van der Waals surface area (Å²) in [6.45, 7) is 0. The van der Waals surface area contributed by atoms with Crippen molar-refractivity contribution >= 4 is 0 Å². The molecule has 0 radical (unpaired) electrons. The van der Waals surface area contributed by atoms with Gasteiger partial charge in [-0.3, -0.25) is 0 Å². The van der Waals surface area contributed by atoms with Gasteiger partial charge in [0.2, 0.25) is 0 Å². The molecule has 2 aliphatic rings. The van der Waals surface area contributed by atoms with Gasteiger partial charge in [-0.25, -0.2) is 0 Å². The molecule has 0 unspecified atom stereocenters. The van der Waals surface area contributed by atoms with Crippen LogP contribution in [0.4, 0.5) is 0 Å². The standard InChI is InChI=1S/C8H14O3/c9-5-1-4-2-7(10)6(3-5)8(4)11/h4-11H,1-3H2/t4-,5-,6-,7-,8-/m1/s1. The predicted molar refractivity (Wildman–Crippen MR) is 38.9 cm³/mol. The summed E-state index contributed by atoms with van der Waals surface area (Å²) in [5, 5.41) is 28.2. The van der Waals surface area contributed by atoms with Gasteiger partial charge < -0.3 is 15.3 Å². The number of aliphatic hydroxyl groups excluding tert-OH is 3. The van der Waals surface area contributed by atoms with E-state index in [1.807, 2.05) is 0 Å². The molecule has 3 nitrogen and oxygen atoms in total. The lowest BCUT2D eigenvalue weighted by molar-refractivity contribution is -0.0203. The van der Waals surface area contributed by atoms with Crippen LogP contribution in [-0.4, -0.2) is 33.6 Å². The van der Waals surface area contributed by atoms with Crippen LogP contribution in [0.25, 0.3) is 0 Å². The van der Waals surface area contributed by atoms with E-state index < -0.39 is 0 Å². The van der Waals surface area contributed by atoms with E-state index in [9.17, 15) is 15.3 Å². The van der Waals surface area contributed by atoms with Crippen LogP contribution in [0, 0.1) is 11.8 Å². The fraction of sp³-hybridized carbons (Fsp3) is 1.00. The molecule has 0 aliphatic heterocycles. The van der Waals surface area contributed by atoms with Crippen LogP contribution in [0.5, 0.6) is 0 Å². The Morgan fingerprint density at radius 1 is 0.909 bits per heavy atom. The normalized spacial score (nSPS) is 56.5. The number of fused-ring (bicyclic) bond motifs is 2. The third-order valence-electron chi connectivity index (χ3n) is 3.08. The zero-order valence-electron chi connectivity index (χ0n) is 6.35. The van der Waals surface area contributed by atoms with E-state index in [1.165, 1.54) is 0 Å². The van der Waals surface area contributed by atoms with Crippen molar-refractivity contribution in [3.8, 4) is 0 Å². The van der Waals surface area contributed by atoms with Gasteiger partial charge in [0.25, 0.3) is 0 Å². The number of hydrogen-bond donors (Lipinski definition) is 3.